The van der Waals surface area contributed by atoms with Crippen LogP contribution in [0.2, 0.25) is 0 Å². The Kier molecular flexibility index (Phi) is 6.51. The van der Waals surface area contributed by atoms with E-state index in [1.54, 1.807) is 40.4 Å². The predicted octanol–water partition coefficient (Wildman–Crippen LogP) is 2.80. The average Bonchev–Trinajstić information content (AvgIpc) is 2.65. The maximum atomic E-state index is 12.2. The molecule has 134 valence electrons. The monoisotopic (exact) mass is 345 g/mol. The molecule has 25 heavy (non-hydrogen) atoms. The van der Waals surface area contributed by atoms with Crippen LogP contribution in [-0.2, 0) is 11.3 Å². The Morgan fingerprint density at radius 1 is 1.00 bits per heavy atom. The smallest absolute Gasteiger partial charge is 0.261 e. The Balaban J connectivity index is 2.01. The van der Waals surface area contributed by atoms with Gasteiger partial charge in [0.2, 0.25) is 5.75 Å². The number of nitrogens with one attached hydrogen (secondary N) is 1. The van der Waals surface area contributed by atoms with Crippen molar-refractivity contribution in [1.29, 1.82) is 0 Å². The summed E-state index contributed by atoms with van der Waals surface area (Å²) in [6.45, 7) is 2.02. The second-order valence-electron chi connectivity index (χ2n) is 5.32. The lowest BCUT2D eigenvalue weighted by molar-refractivity contribution is -0.127. The zero-order chi connectivity index (χ0) is 18.2. The van der Waals surface area contributed by atoms with E-state index < -0.39 is 6.10 Å². The van der Waals surface area contributed by atoms with Crippen molar-refractivity contribution >= 4 is 5.91 Å². The molecule has 6 nitrogen and oxygen atoms in total. The van der Waals surface area contributed by atoms with Crippen LogP contribution in [0.15, 0.2) is 42.5 Å². The number of hydrogen-bond donors (Lipinski definition) is 1. The topological polar surface area (TPSA) is 66.0 Å². The fourth-order valence-corrected chi connectivity index (χ4v) is 2.33. The Labute approximate surface area is 147 Å². The maximum Gasteiger partial charge on any atom is 0.261 e. The van der Waals surface area contributed by atoms with Crippen LogP contribution in [0.4, 0.5) is 0 Å². The van der Waals surface area contributed by atoms with Crippen molar-refractivity contribution < 1.29 is 23.7 Å². The van der Waals surface area contributed by atoms with Gasteiger partial charge in [-0.3, -0.25) is 4.79 Å². The molecule has 1 N–H and O–H groups in total. The zero-order valence-corrected chi connectivity index (χ0v) is 14.9. The van der Waals surface area contributed by atoms with Crippen molar-refractivity contribution in [3.63, 3.8) is 0 Å². The van der Waals surface area contributed by atoms with Gasteiger partial charge in [-0.2, -0.15) is 0 Å². The van der Waals surface area contributed by atoms with Crippen molar-refractivity contribution in [2.24, 2.45) is 0 Å². The standard InChI is InChI=1S/C19H23NO5/c1-13(25-15-8-6-5-7-9-15)19(21)20-12-14-10-16(22-2)18(24-4)17(11-14)23-3/h5-11,13H,12H2,1-4H3,(H,20,21)/t13-/m0/s1. The Morgan fingerprint density at radius 3 is 2.12 bits per heavy atom. The minimum absolute atomic E-state index is 0.211. The fourth-order valence-electron chi connectivity index (χ4n) is 2.33. The molecule has 0 bridgehead atoms. The molecule has 0 heterocycles. The first kappa shape index (κ1) is 18.4. The fraction of sp³-hybridized carbons (Fsp3) is 0.316. The third-order valence-electron chi connectivity index (χ3n) is 3.62. The first-order chi connectivity index (χ1) is 12.1. The van der Waals surface area contributed by atoms with Gasteiger partial charge in [-0.05, 0) is 36.8 Å². The molecule has 0 radical (unpaired) electrons. The van der Waals surface area contributed by atoms with E-state index >= 15 is 0 Å². The van der Waals surface area contributed by atoms with Crippen LogP contribution >= 0.6 is 0 Å². The molecule has 0 aromatic heterocycles. The molecule has 0 aliphatic carbocycles. The van der Waals surface area contributed by atoms with Crippen LogP contribution in [0.1, 0.15) is 12.5 Å². The van der Waals surface area contributed by atoms with Crippen LogP contribution in [-0.4, -0.2) is 33.3 Å². The minimum Gasteiger partial charge on any atom is -0.493 e. The minimum atomic E-state index is -0.607. The lowest BCUT2D eigenvalue weighted by Crippen LogP contribution is -2.35. The van der Waals surface area contributed by atoms with Crippen molar-refractivity contribution in [3.8, 4) is 23.0 Å². The summed E-state index contributed by atoms with van der Waals surface area (Å²) in [5, 5.41) is 2.84. The molecule has 0 fully saturated rings. The molecular formula is C19H23NO5. The van der Waals surface area contributed by atoms with E-state index in [0.29, 0.717) is 29.5 Å². The highest BCUT2D eigenvalue weighted by molar-refractivity contribution is 5.80. The molecule has 0 saturated heterocycles. The Hall–Kier alpha value is -2.89. The van der Waals surface area contributed by atoms with Crippen LogP contribution < -0.4 is 24.3 Å². The number of methoxy groups -OCH3 is 3. The summed E-state index contributed by atoms with van der Waals surface area (Å²) < 4.78 is 21.5. The molecule has 6 heteroatoms. The highest BCUT2D eigenvalue weighted by atomic mass is 16.5. The van der Waals surface area contributed by atoms with E-state index in [9.17, 15) is 4.79 Å². The number of rotatable bonds is 8. The summed E-state index contributed by atoms with van der Waals surface area (Å²) in [4.78, 5) is 12.2. The first-order valence-electron chi connectivity index (χ1n) is 7.87. The predicted molar refractivity (Wildman–Crippen MR) is 94.5 cm³/mol. The van der Waals surface area contributed by atoms with Gasteiger partial charge in [0.25, 0.3) is 5.91 Å². The molecule has 0 aliphatic heterocycles. The SMILES string of the molecule is COc1cc(CNC(=O)[C@H](C)Oc2ccccc2)cc(OC)c1OC. The largest absolute Gasteiger partial charge is 0.493 e. The second-order valence-corrected chi connectivity index (χ2v) is 5.32. The second kappa shape index (κ2) is 8.82. The van der Waals surface area contributed by atoms with Gasteiger partial charge in [-0.1, -0.05) is 18.2 Å². The molecule has 0 aliphatic rings. The molecule has 2 aromatic rings. The summed E-state index contributed by atoms with van der Waals surface area (Å²) >= 11 is 0. The van der Waals surface area contributed by atoms with Gasteiger partial charge in [0.05, 0.1) is 21.3 Å². The van der Waals surface area contributed by atoms with Gasteiger partial charge >= 0.3 is 0 Å². The number of hydrogen-bond acceptors (Lipinski definition) is 5. The Bertz CT molecular complexity index is 677. The van der Waals surface area contributed by atoms with Crippen molar-refractivity contribution in [2.75, 3.05) is 21.3 Å². The molecule has 0 saturated carbocycles. The van der Waals surface area contributed by atoms with Crippen molar-refractivity contribution in [1.82, 2.24) is 5.32 Å². The zero-order valence-electron chi connectivity index (χ0n) is 14.9. The highest BCUT2D eigenvalue weighted by Crippen LogP contribution is 2.38. The lowest BCUT2D eigenvalue weighted by Gasteiger charge is -2.16. The van der Waals surface area contributed by atoms with Gasteiger partial charge in [0.1, 0.15) is 5.75 Å². The molecule has 2 rings (SSSR count). The van der Waals surface area contributed by atoms with Gasteiger partial charge in [-0.25, -0.2) is 0 Å². The first-order valence-corrected chi connectivity index (χ1v) is 7.87. The summed E-state index contributed by atoms with van der Waals surface area (Å²) in [5.74, 6) is 2.04. The summed E-state index contributed by atoms with van der Waals surface area (Å²) in [5.41, 5.74) is 0.828. The van der Waals surface area contributed by atoms with E-state index in [1.165, 1.54) is 0 Å². The molecule has 0 spiro atoms. The molecule has 2 aromatic carbocycles. The number of ether oxygens (including phenoxy) is 4. The quantitative estimate of drug-likeness (QED) is 0.797. The third kappa shape index (κ3) is 4.79. The lowest BCUT2D eigenvalue weighted by atomic mass is 10.1. The van der Waals surface area contributed by atoms with Crippen molar-refractivity contribution in [3.05, 3.63) is 48.0 Å². The van der Waals surface area contributed by atoms with E-state index in [0.717, 1.165) is 5.56 Å². The molecule has 1 atom stereocenters. The third-order valence-corrected chi connectivity index (χ3v) is 3.62. The van der Waals surface area contributed by atoms with E-state index in [1.807, 2.05) is 30.3 Å². The summed E-state index contributed by atoms with van der Waals surface area (Å²) in [6, 6.07) is 12.8. The van der Waals surface area contributed by atoms with Crippen LogP contribution in [0, 0.1) is 0 Å². The van der Waals surface area contributed by atoms with E-state index in [4.69, 9.17) is 18.9 Å². The average molecular weight is 345 g/mol. The molecular weight excluding hydrogens is 322 g/mol. The van der Waals surface area contributed by atoms with Crippen LogP contribution in [0.25, 0.3) is 0 Å². The van der Waals surface area contributed by atoms with Crippen molar-refractivity contribution in [2.45, 2.75) is 19.6 Å². The number of amides is 1. The Morgan fingerprint density at radius 2 is 1.60 bits per heavy atom. The number of benzene rings is 2. The van der Waals surface area contributed by atoms with Gasteiger partial charge in [0, 0.05) is 6.54 Å². The van der Waals surface area contributed by atoms with E-state index in [2.05, 4.69) is 5.32 Å². The number of carbonyl (C=O) groups is 1. The molecule has 1 amide bonds. The molecule has 0 unspecified atom stereocenters. The number of para-hydroxylation sites is 1. The van der Waals surface area contributed by atoms with Crippen LogP contribution in [0.5, 0.6) is 23.0 Å². The normalized spacial score (nSPS) is 11.4. The van der Waals surface area contributed by atoms with Gasteiger partial charge in [0.15, 0.2) is 17.6 Å². The number of carbonyl (C=O) groups excluding carboxylic acids is 1. The van der Waals surface area contributed by atoms with Gasteiger partial charge < -0.3 is 24.3 Å². The van der Waals surface area contributed by atoms with Crippen LogP contribution in [0.3, 0.4) is 0 Å². The highest BCUT2D eigenvalue weighted by Gasteiger charge is 2.16. The van der Waals surface area contributed by atoms with E-state index in [-0.39, 0.29) is 5.91 Å². The van der Waals surface area contributed by atoms with Gasteiger partial charge in [-0.15, -0.1) is 0 Å². The maximum absolute atomic E-state index is 12.2. The summed E-state index contributed by atoms with van der Waals surface area (Å²) in [6.07, 6.45) is -0.607. The summed E-state index contributed by atoms with van der Waals surface area (Å²) in [7, 11) is 4.65.